The maximum Gasteiger partial charge on any atom is 0.284 e. The van der Waals surface area contributed by atoms with Crippen molar-refractivity contribution in [2.75, 3.05) is 46.0 Å². The molecule has 0 fully saturated rings. The maximum absolute atomic E-state index is 15.4. The number of carbonyl (C=O) groups is 1. The third kappa shape index (κ3) is 6.85. The molecule has 3 aromatic carbocycles. The van der Waals surface area contributed by atoms with Crippen molar-refractivity contribution in [2.45, 2.75) is 25.8 Å². The number of carbonyl (C=O) groups excluding carboxylic acids is 1. The van der Waals surface area contributed by atoms with E-state index >= 15 is 4.39 Å². The van der Waals surface area contributed by atoms with Gasteiger partial charge >= 0.3 is 0 Å². The van der Waals surface area contributed by atoms with Gasteiger partial charge in [-0.25, -0.2) is 23.4 Å². The van der Waals surface area contributed by atoms with Gasteiger partial charge in [0.1, 0.15) is 42.5 Å². The lowest BCUT2D eigenvalue weighted by Gasteiger charge is -2.19. The van der Waals surface area contributed by atoms with Gasteiger partial charge in [-0.2, -0.15) is 0 Å². The zero-order valence-corrected chi connectivity index (χ0v) is 26.3. The lowest BCUT2D eigenvalue weighted by molar-refractivity contribution is 0.102. The molecular formula is C34H33F2N5O7. The molecule has 1 amide bonds. The summed E-state index contributed by atoms with van der Waals surface area (Å²) in [5.41, 5.74) is 0.441. The fraction of sp³-hybridized carbons (Fsp3) is 0.294. The number of halogens is 2. The van der Waals surface area contributed by atoms with E-state index in [0.717, 1.165) is 18.9 Å². The predicted octanol–water partition coefficient (Wildman–Crippen LogP) is 5.29. The van der Waals surface area contributed by atoms with E-state index < -0.39 is 23.1 Å². The Kier molecular flexibility index (Phi) is 9.92. The van der Waals surface area contributed by atoms with Gasteiger partial charge in [0.05, 0.1) is 41.2 Å². The number of ether oxygens (including phenoxy) is 5. The molecule has 1 aliphatic rings. The molecule has 0 spiro atoms. The van der Waals surface area contributed by atoms with Gasteiger partial charge in [0.25, 0.3) is 11.5 Å². The van der Waals surface area contributed by atoms with Crippen LogP contribution >= 0.6 is 0 Å². The molecular weight excluding hydrogens is 628 g/mol. The summed E-state index contributed by atoms with van der Waals surface area (Å²) in [6, 6.07) is 12.8. The molecule has 6 rings (SSSR count). The van der Waals surface area contributed by atoms with E-state index in [1.807, 2.05) is 0 Å². The van der Waals surface area contributed by atoms with Crippen molar-refractivity contribution in [1.82, 2.24) is 19.3 Å². The average molecular weight is 662 g/mol. The fourth-order valence-electron chi connectivity index (χ4n) is 5.50. The Morgan fingerprint density at radius 2 is 1.69 bits per heavy atom. The van der Waals surface area contributed by atoms with Gasteiger partial charge in [-0.3, -0.25) is 14.3 Å². The summed E-state index contributed by atoms with van der Waals surface area (Å²) in [6.45, 7) is 1.75. The topological polar surface area (TPSA) is 128 Å². The largest absolute Gasteiger partial charge is 0.487 e. The second-order valence-corrected chi connectivity index (χ2v) is 10.9. The van der Waals surface area contributed by atoms with Gasteiger partial charge in [0.2, 0.25) is 5.88 Å². The van der Waals surface area contributed by atoms with E-state index in [1.165, 1.54) is 41.3 Å². The summed E-state index contributed by atoms with van der Waals surface area (Å²) in [7, 11) is 3.14. The number of fused-ring (bicyclic) bond motifs is 2. The zero-order chi connectivity index (χ0) is 33.6. The van der Waals surface area contributed by atoms with E-state index in [9.17, 15) is 14.0 Å². The Morgan fingerprint density at radius 1 is 0.917 bits per heavy atom. The molecule has 48 heavy (non-hydrogen) atoms. The number of nitrogens with one attached hydrogen (secondary N) is 1. The molecule has 0 aliphatic carbocycles. The third-order valence-corrected chi connectivity index (χ3v) is 7.72. The summed E-state index contributed by atoms with van der Waals surface area (Å²) < 4.78 is 60.2. The first-order valence-electron chi connectivity index (χ1n) is 15.3. The summed E-state index contributed by atoms with van der Waals surface area (Å²) in [5, 5.41) is 3.01. The highest BCUT2D eigenvalue weighted by molar-refractivity contribution is 6.05. The predicted molar refractivity (Wildman–Crippen MR) is 172 cm³/mol. The van der Waals surface area contributed by atoms with Gasteiger partial charge in [-0.05, 0) is 55.7 Å². The highest BCUT2D eigenvalue weighted by Gasteiger charge is 2.28. The van der Waals surface area contributed by atoms with E-state index in [1.54, 1.807) is 37.1 Å². The number of amides is 1. The van der Waals surface area contributed by atoms with Crippen molar-refractivity contribution in [3.05, 3.63) is 94.2 Å². The van der Waals surface area contributed by atoms with E-state index in [-0.39, 0.29) is 36.1 Å². The molecule has 0 radical (unpaired) electrons. The zero-order valence-electron chi connectivity index (χ0n) is 26.3. The van der Waals surface area contributed by atoms with E-state index in [0.29, 0.717) is 60.0 Å². The van der Waals surface area contributed by atoms with Gasteiger partial charge in [-0.1, -0.05) is 6.07 Å². The van der Waals surface area contributed by atoms with Crippen LogP contribution in [0.15, 0.2) is 65.7 Å². The lowest BCUT2D eigenvalue weighted by Crippen LogP contribution is -2.26. The number of rotatable bonds is 13. The Morgan fingerprint density at radius 3 is 2.42 bits per heavy atom. The summed E-state index contributed by atoms with van der Waals surface area (Å²) >= 11 is 0. The Labute approximate surface area is 273 Å². The molecule has 0 atom stereocenters. The maximum atomic E-state index is 15.4. The minimum atomic E-state index is -0.796. The quantitative estimate of drug-likeness (QED) is 0.167. The minimum absolute atomic E-state index is 0.0995. The smallest absolute Gasteiger partial charge is 0.284 e. The number of anilines is 1. The van der Waals surface area contributed by atoms with Crippen molar-refractivity contribution in [2.24, 2.45) is 0 Å². The van der Waals surface area contributed by atoms with Crippen molar-refractivity contribution < 1.29 is 37.3 Å². The molecule has 1 N–H and O–H groups in total. The molecule has 12 nitrogen and oxygen atoms in total. The van der Waals surface area contributed by atoms with Crippen LogP contribution in [-0.4, -0.2) is 65.9 Å². The Bertz CT molecular complexity index is 2010. The van der Waals surface area contributed by atoms with E-state index in [2.05, 4.69) is 15.3 Å². The molecule has 0 unspecified atom stereocenters. The molecule has 0 bridgehead atoms. The molecule has 3 heterocycles. The Hall–Kier alpha value is -5.34. The van der Waals surface area contributed by atoms with Crippen molar-refractivity contribution >= 4 is 22.5 Å². The fourth-order valence-corrected chi connectivity index (χ4v) is 5.50. The highest BCUT2D eigenvalue weighted by Crippen LogP contribution is 2.37. The summed E-state index contributed by atoms with van der Waals surface area (Å²) in [6.07, 6.45) is 3.35. The van der Waals surface area contributed by atoms with Crippen LogP contribution in [0.3, 0.4) is 0 Å². The molecule has 5 aromatic rings. The standard InChI is InChI=1S/C34H33F2N5O7/c1-44-12-14-46-29-18-24-27(19-30(29)47-15-13-45-2)37-20-38-33(24)48-23-9-10-26(25(36)17-23)39-32(42)31-28-8-3-4-11-40(28)41(34(31)43)22-7-5-6-21(35)16-22/h5-7,9-10,16-20H,3-4,8,11-15H2,1-2H3,(H,39,42). The highest BCUT2D eigenvalue weighted by atomic mass is 19.1. The van der Waals surface area contributed by atoms with Gasteiger partial charge in [0.15, 0.2) is 11.5 Å². The molecule has 0 saturated heterocycles. The SMILES string of the molecule is COCCOc1cc2ncnc(Oc3ccc(NC(=O)c4c5n(n(-c6cccc(F)c6)c4=O)CCCC5)c(F)c3)c2cc1OCCOC. The van der Waals surface area contributed by atoms with Crippen molar-refractivity contribution in [1.29, 1.82) is 0 Å². The second-order valence-electron chi connectivity index (χ2n) is 10.9. The second kappa shape index (κ2) is 14.6. The Balaban J connectivity index is 1.25. The van der Waals surface area contributed by atoms with Crippen LogP contribution in [0, 0.1) is 11.6 Å². The monoisotopic (exact) mass is 661 g/mol. The molecule has 1 aliphatic heterocycles. The molecule has 14 heteroatoms. The lowest BCUT2D eigenvalue weighted by atomic mass is 10.1. The number of hydrogen-bond donors (Lipinski definition) is 1. The summed E-state index contributed by atoms with van der Waals surface area (Å²) in [5.74, 6) is -0.988. The first kappa shape index (κ1) is 32.6. The minimum Gasteiger partial charge on any atom is -0.487 e. The first-order valence-corrected chi connectivity index (χ1v) is 15.3. The van der Waals surface area contributed by atoms with Gasteiger partial charge < -0.3 is 29.0 Å². The number of aromatic nitrogens is 4. The van der Waals surface area contributed by atoms with Gasteiger partial charge in [0, 0.05) is 32.9 Å². The number of methoxy groups -OCH3 is 2. The normalized spacial score (nSPS) is 12.5. The van der Waals surface area contributed by atoms with Crippen LogP contribution in [0.1, 0.15) is 28.9 Å². The third-order valence-electron chi connectivity index (χ3n) is 7.72. The summed E-state index contributed by atoms with van der Waals surface area (Å²) in [4.78, 5) is 35.6. The van der Waals surface area contributed by atoms with Crippen LogP contribution in [0.2, 0.25) is 0 Å². The van der Waals surface area contributed by atoms with Crippen LogP contribution in [-0.2, 0) is 22.4 Å². The average Bonchev–Trinajstić information content (AvgIpc) is 3.38. The van der Waals surface area contributed by atoms with Crippen LogP contribution in [0.25, 0.3) is 16.6 Å². The van der Waals surface area contributed by atoms with Crippen molar-refractivity contribution in [3.63, 3.8) is 0 Å². The molecule has 2 aromatic heterocycles. The molecule has 250 valence electrons. The first-order chi connectivity index (χ1) is 23.4. The van der Waals surface area contributed by atoms with Crippen molar-refractivity contribution in [3.8, 4) is 28.8 Å². The van der Waals surface area contributed by atoms with E-state index in [4.69, 9.17) is 23.7 Å². The number of hydrogen-bond acceptors (Lipinski definition) is 9. The van der Waals surface area contributed by atoms with Crippen LogP contribution in [0.4, 0.5) is 14.5 Å². The number of nitrogens with zero attached hydrogens (tertiary/aromatic N) is 4. The van der Waals surface area contributed by atoms with Crippen LogP contribution < -0.4 is 25.1 Å². The van der Waals surface area contributed by atoms with Gasteiger partial charge in [-0.15, -0.1) is 0 Å². The van der Waals surface area contributed by atoms with Crippen LogP contribution in [0.5, 0.6) is 23.1 Å². The molecule has 0 saturated carbocycles. The number of benzene rings is 3.